The van der Waals surface area contributed by atoms with Crippen molar-refractivity contribution in [3.8, 4) is 22.6 Å². The molecule has 5 nitrogen and oxygen atoms in total. The van der Waals surface area contributed by atoms with Crippen LogP contribution >= 0.6 is 0 Å². The zero-order chi connectivity index (χ0) is 20.5. The number of carbonyl (C=O) groups excluding carboxylic acids is 1. The summed E-state index contributed by atoms with van der Waals surface area (Å²) in [6.45, 7) is -0.143. The second-order valence-corrected chi connectivity index (χ2v) is 6.50. The van der Waals surface area contributed by atoms with Crippen LogP contribution < -0.4 is 9.47 Å². The Labute approximate surface area is 170 Å². The Hall–Kier alpha value is -3.31. The zero-order valence-corrected chi connectivity index (χ0v) is 16.3. The van der Waals surface area contributed by atoms with Crippen molar-refractivity contribution in [2.24, 2.45) is 0 Å². The molecule has 150 valence electrons. The van der Waals surface area contributed by atoms with Crippen molar-refractivity contribution in [1.82, 2.24) is 0 Å². The van der Waals surface area contributed by atoms with E-state index in [0.29, 0.717) is 11.5 Å². The van der Waals surface area contributed by atoms with E-state index in [1.165, 1.54) is 0 Å². The highest BCUT2D eigenvalue weighted by Crippen LogP contribution is 2.26. The van der Waals surface area contributed by atoms with Gasteiger partial charge in [-0.05, 0) is 28.8 Å². The van der Waals surface area contributed by atoms with Gasteiger partial charge < -0.3 is 19.3 Å². The van der Waals surface area contributed by atoms with Crippen molar-refractivity contribution < 1.29 is 24.1 Å². The first-order chi connectivity index (χ1) is 14.2. The van der Waals surface area contributed by atoms with E-state index < -0.39 is 12.1 Å². The van der Waals surface area contributed by atoms with Gasteiger partial charge in [0.2, 0.25) is 0 Å². The van der Waals surface area contributed by atoms with Gasteiger partial charge in [-0.25, -0.2) is 0 Å². The minimum Gasteiger partial charge on any atom is -0.493 e. The molecule has 0 spiro atoms. The molecule has 3 rings (SSSR count). The molecule has 0 bridgehead atoms. The van der Waals surface area contributed by atoms with E-state index >= 15 is 0 Å². The van der Waals surface area contributed by atoms with Crippen LogP contribution in [0.4, 0.5) is 0 Å². The molecule has 1 atom stereocenters. The quantitative estimate of drug-likeness (QED) is 0.560. The lowest BCUT2D eigenvalue weighted by Crippen LogP contribution is -2.25. The fraction of sp³-hybridized carbons (Fsp3) is 0.208. The van der Waals surface area contributed by atoms with E-state index in [4.69, 9.17) is 14.2 Å². The van der Waals surface area contributed by atoms with Crippen LogP contribution in [0.2, 0.25) is 0 Å². The summed E-state index contributed by atoms with van der Waals surface area (Å²) in [6, 6.07) is 24.8. The summed E-state index contributed by atoms with van der Waals surface area (Å²) in [4.78, 5) is 12.3. The monoisotopic (exact) mass is 392 g/mol. The maximum absolute atomic E-state index is 12.3. The van der Waals surface area contributed by atoms with E-state index in [0.717, 1.165) is 16.7 Å². The maximum atomic E-state index is 12.3. The molecule has 0 radical (unpaired) electrons. The number of rotatable bonds is 9. The molecule has 1 unspecified atom stereocenters. The van der Waals surface area contributed by atoms with E-state index in [-0.39, 0.29) is 19.6 Å². The van der Waals surface area contributed by atoms with Crippen LogP contribution in [0, 0.1) is 0 Å². The van der Waals surface area contributed by atoms with Crippen molar-refractivity contribution >= 4 is 5.97 Å². The molecule has 0 heterocycles. The summed E-state index contributed by atoms with van der Waals surface area (Å²) in [5.74, 6) is 0.705. The molecule has 0 saturated carbocycles. The van der Waals surface area contributed by atoms with Gasteiger partial charge in [-0.3, -0.25) is 4.79 Å². The lowest BCUT2D eigenvalue weighted by molar-refractivity contribution is -0.146. The van der Waals surface area contributed by atoms with Crippen LogP contribution in [-0.4, -0.2) is 37.5 Å². The Kier molecular flexibility index (Phi) is 7.25. The molecule has 0 aliphatic rings. The Morgan fingerprint density at radius 3 is 2.28 bits per heavy atom. The number of aliphatic hydroxyl groups is 1. The van der Waals surface area contributed by atoms with Crippen molar-refractivity contribution in [2.45, 2.75) is 12.5 Å². The van der Waals surface area contributed by atoms with Crippen molar-refractivity contribution in [2.75, 3.05) is 20.3 Å². The number of carbonyl (C=O) groups is 1. The number of aliphatic hydroxyl groups excluding tert-OH is 1. The average Bonchev–Trinajstić information content (AvgIpc) is 2.77. The second-order valence-electron chi connectivity index (χ2n) is 6.50. The standard InChI is InChI=1S/C24H24O5/c1-27-22-13-7-8-14-23(22)28-16-20(25)17-29-24(26)15-19-11-5-6-12-21(19)18-9-3-2-4-10-18/h2-14,20,25H,15-17H2,1H3. The van der Waals surface area contributed by atoms with Crippen LogP contribution in [0.25, 0.3) is 11.1 Å². The van der Waals surface area contributed by atoms with Gasteiger partial charge in [0.05, 0.1) is 13.5 Å². The van der Waals surface area contributed by atoms with Crippen molar-refractivity contribution in [3.05, 3.63) is 84.4 Å². The fourth-order valence-electron chi connectivity index (χ4n) is 2.94. The first-order valence-electron chi connectivity index (χ1n) is 9.40. The highest BCUT2D eigenvalue weighted by Gasteiger charge is 2.14. The molecule has 0 saturated heterocycles. The molecule has 5 heteroatoms. The van der Waals surface area contributed by atoms with Crippen LogP contribution in [0.3, 0.4) is 0 Å². The smallest absolute Gasteiger partial charge is 0.310 e. The van der Waals surface area contributed by atoms with Crippen LogP contribution in [0.15, 0.2) is 78.9 Å². The number of hydrogen-bond acceptors (Lipinski definition) is 5. The fourth-order valence-corrected chi connectivity index (χ4v) is 2.94. The maximum Gasteiger partial charge on any atom is 0.310 e. The van der Waals surface area contributed by atoms with Crippen LogP contribution in [0.5, 0.6) is 11.5 Å². The number of esters is 1. The number of hydrogen-bond donors (Lipinski definition) is 1. The summed E-state index contributed by atoms with van der Waals surface area (Å²) in [6.07, 6.45) is -0.807. The Balaban J connectivity index is 1.52. The van der Waals surface area contributed by atoms with Crippen molar-refractivity contribution in [1.29, 1.82) is 0 Å². The van der Waals surface area contributed by atoms with Gasteiger partial charge in [0.15, 0.2) is 11.5 Å². The van der Waals surface area contributed by atoms with Gasteiger partial charge >= 0.3 is 5.97 Å². The topological polar surface area (TPSA) is 65.0 Å². The molecule has 29 heavy (non-hydrogen) atoms. The summed E-state index contributed by atoms with van der Waals surface area (Å²) in [5.41, 5.74) is 2.91. The predicted octanol–water partition coefficient (Wildman–Crippen LogP) is 3.89. The first kappa shape index (κ1) is 20.4. The normalized spacial score (nSPS) is 11.5. The Morgan fingerprint density at radius 1 is 0.862 bits per heavy atom. The molecule has 0 fully saturated rings. The number of benzene rings is 3. The van der Waals surface area contributed by atoms with Gasteiger partial charge in [0.25, 0.3) is 0 Å². The molecule has 3 aromatic rings. The second kappa shape index (κ2) is 10.3. The molecule has 3 aromatic carbocycles. The van der Waals surface area contributed by atoms with E-state index in [1.807, 2.05) is 66.7 Å². The van der Waals surface area contributed by atoms with Gasteiger partial charge in [0.1, 0.15) is 19.3 Å². The first-order valence-corrected chi connectivity index (χ1v) is 9.40. The Bertz CT molecular complexity index is 923. The molecular formula is C24H24O5. The third-order valence-electron chi connectivity index (χ3n) is 4.37. The molecule has 0 amide bonds. The highest BCUT2D eigenvalue weighted by atomic mass is 16.6. The molecule has 1 N–H and O–H groups in total. The molecule has 0 aromatic heterocycles. The van der Waals surface area contributed by atoms with Gasteiger partial charge in [-0.1, -0.05) is 66.7 Å². The Morgan fingerprint density at radius 2 is 1.52 bits per heavy atom. The van der Waals surface area contributed by atoms with E-state index in [9.17, 15) is 9.90 Å². The summed E-state index contributed by atoms with van der Waals surface area (Å²) >= 11 is 0. The molecule has 0 aliphatic carbocycles. The molecule has 0 aliphatic heterocycles. The minimum atomic E-state index is -0.937. The van der Waals surface area contributed by atoms with Crippen LogP contribution in [0.1, 0.15) is 5.56 Å². The lowest BCUT2D eigenvalue weighted by Gasteiger charge is -2.15. The summed E-state index contributed by atoms with van der Waals surface area (Å²) in [7, 11) is 1.55. The predicted molar refractivity (Wildman–Crippen MR) is 111 cm³/mol. The highest BCUT2D eigenvalue weighted by molar-refractivity contribution is 5.77. The summed E-state index contributed by atoms with van der Waals surface area (Å²) < 4.78 is 16.0. The minimum absolute atomic E-state index is 0.00570. The van der Waals surface area contributed by atoms with Gasteiger partial charge in [-0.2, -0.15) is 0 Å². The largest absolute Gasteiger partial charge is 0.493 e. The average molecular weight is 392 g/mol. The number of ether oxygens (including phenoxy) is 3. The van der Waals surface area contributed by atoms with Crippen LogP contribution in [-0.2, 0) is 16.0 Å². The van der Waals surface area contributed by atoms with E-state index in [1.54, 1.807) is 19.2 Å². The van der Waals surface area contributed by atoms with Gasteiger partial charge in [0, 0.05) is 0 Å². The third kappa shape index (κ3) is 5.83. The third-order valence-corrected chi connectivity index (χ3v) is 4.37. The molecular weight excluding hydrogens is 368 g/mol. The lowest BCUT2D eigenvalue weighted by atomic mass is 9.98. The zero-order valence-electron chi connectivity index (χ0n) is 16.3. The summed E-state index contributed by atoms with van der Waals surface area (Å²) in [5, 5.41) is 10.1. The van der Waals surface area contributed by atoms with Crippen molar-refractivity contribution in [3.63, 3.8) is 0 Å². The number of para-hydroxylation sites is 2. The SMILES string of the molecule is COc1ccccc1OCC(O)COC(=O)Cc1ccccc1-c1ccccc1. The number of methoxy groups -OCH3 is 1. The van der Waals surface area contributed by atoms with E-state index in [2.05, 4.69) is 0 Å². The van der Waals surface area contributed by atoms with Gasteiger partial charge in [-0.15, -0.1) is 0 Å².